The third-order valence-corrected chi connectivity index (χ3v) is 10.9. The van der Waals surface area contributed by atoms with Gasteiger partial charge in [-0.25, -0.2) is 0 Å². The van der Waals surface area contributed by atoms with Crippen LogP contribution in [0.4, 0.5) is 0 Å². The molecule has 11 rings (SSSR count). The van der Waals surface area contributed by atoms with Gasteiger partial charge < -0.3 is 13.7 Å². The summed E-state index contributed by atoms with van der Waals surface area (Å²) in [6, 6.07) is 61.5. The highest BCUT2D eigenvalue weighted by molar-refractivity contribution is 6.13. The average Bonchev–Trinajstić information content (AvgIpc) is 3.84. The maximum atomic E-state index is 4.87. The van der Waals surface area contributed by atoms with E-state index in [1.807, 2.05) is 12.3 Å². The second-order valence-corrected chi connectivity index (χ2v) is 13.6. The molecule has 4 heteroatoms. The molecular formula is C48H32N4. The van der Waals surface area contributed by atoms with Crippen molar-refractivity contribution in [2.45, 2.75) is 6.92 Å². The first kappa shape index (κ1) is 28.9. The number of para-hydroxylation sites is 5. The van der Waals surface area contributed by atoms with Crippen LogP contribution in [0.1, 0.15) is 5.56 Å². The van der Waals surface area contributed by atoms with Crippen LogP contribution in [-0.4, -0.2) is 18.7 Å². The fourth-order valence-electron chi connectivity index (χ4n) is 8.59. The summed E-state index contributed by atoms with van der Waals surface area (Å²) in [5, 5.41) is 7.46. The minimum absolute atomic E-state index is 0.957. The smallest absolute Gasteiger partial charge is 0.0706 e. The largest absolute Gasteiger partial charge is 0.309 e. The number of benzene rings is 7. The van der Waals surface area contributed by atoms with E-state index in [1.54, 1.807) is 0 Å². The van der Waals surface area contributed by atoms with E-state index in [1.165, 1.54) is 65.5 Å². The molecule has 0 atom stereocenters. The summed E-state index contributed by atoms with van der Waals surface area (Å²) in [5.74, 6) is 0. The van der Waals surface area contributed by atoms with Crippen LogP contribution in [0.2, 0.25) is 0 Å². The Morgan fingerprint density at radius 1 is 0.365 bits per heavy atom. The zero-order valence-corrected chi connectivity index (χ0v) is 28.5. The molecule has 244 valence electrons. The normalized spacial score (nSPS) is 11.9. The van der Waals surface area contributed by atoms with E-state index in [9.17, 15) is 0 Å². The molecule has 0 amide bonds. The standard InChI is InChI=1S/C48H32N4/c1-31-39(41-19-12-13-27-49-41)29-33(30-48(31)52-45-23-10-4-16-36(45)37-17-5-11-24-46(37)52)51-44-22-9-6-18-38(44)40-28-32(25-26-47(40)51)50-42-20-7-2-14-34(42)35-15-3-8-21-43(35)50/h2-30H,1H3. The third kappa shape index (κ3) is 4.06. The summed E-state index contributed by atoms with van der Waals surface area (Å²) in [6.45, 7) is 2.23. The van der Waals surface area contributed by atoms with Crippen molar-refractivity contribution in [3.63, 3.8) is 0 Å². The predicted molar refractivity (Wildman–Crippen MR) is 217 cm³/mol. The number of fused-ring (bicyclic) bond motifs is 9. The highest BCUT2D eigenvalue weighted by Crippen LogP contribution is 2.41. The van der Waals surface area contributed by atoms with Gasteiger partial charge in [-0.15, -0.1) is 0 Å². The molecule has 0 bridgehead atoms. The zero-order chi connectivity index (χ0) is 34.3. The van der Waals surface area contributed by atoms with E-state index < -0.39 is 0 Å². The van der Waals surface area contributed by atoms with Crippen LogP contribution in [0.25, 0.3) is 93.7 Å². The molecule has 0 N–H and O–H groups in total. The van der Waals surface area contributed by atoms with Crippen LogP contribution in [-0.2, 0) is 0 Å². The molecule has 0 aliphatic heterocycles. The van der Waals surface area contributed by atoms with Gasteiger partial charge in [0.05, 0.1) is 44.5 Å². The number of aromatic nitrogens is 4. The summed E-state index contributed by atoms with van der Waals surface area (Å²) in [4.78, 5) is 4.87. The molecule has 0 radical (unpaired) electrons. The number of hydrogen-bond acceptors (Lipinski definition) is 1. The Kier molecular flexibility index (Phi) is 6.13. The molecule has 7 aromatic carbocycles. The Hall–Kier alpha value is -6.91. The number of pyridine rings is 1. The van der Waals surface area contributed by atoms with Crippen molar-refractivity contribution in [1.82, 2.24) is 18.7 Å². The van der Waals surface area contributed by atoms with Gasteiger partial charge in [0.1, 0.15) is 0 Å². The van der Waals surface area contributed by atoms with Gasteiger partial charge in [-0.3, -0.25) is 4.98 Å². The summed E-state index contributed by atoms with van der Waals surface area (Å²) < 4.78 is 7.27. The first-order valence-corrected chi connectivity index (χ1v) is 17.8. The highest BCUT2D eigenvalue weighted by Gasteiger charge is 2.21. The molecular weight excluding hydrogens is 633 g/mol. The van der Waals surface area contributed by atoms with E-state index in [-0.39, 0.29) is 0 Å². The molecule has 0 unspecified atom stereocenters. The van der Waals surface area contributed by atoms with Crippen LogP contribution in [0.3, 0.4) is 0 Å². The van der Waals surface area contributed by atoms with Crippen molar-refractivity contribution in [2.75, 3.05) is 0 Å². The molecule has 0 fully saturated rings. The van der Waals surface area contributed by atoms with Gasteiger partial charge in [-0.05, 0) is 85.3 Å². The molecule has 52 heavy (non-hydrogen) atoms. The molecule has 4 heterocycles. The Labute approximate surface area is 300 Å². The van der Waals surface area contributed by atoms with Crippen molar-refractivity contribution >= 4 is 65.4 Å². The molecule has 0 spiro atoms. The van der Waals surface area contributed by atoms with Gasteiger partial charge in [0.2, 0.25) is 0 Å². The van der Waals surface area contributed by atoms with Crippen molar-refractivity contribution in [3.8, 4) is 28.3 Å². The maximum Gasteiger partial charge on any atom is 0.0706 e. The van der Waals surface area contributed by atoms with Crippen LogP contribution in [0, 0.1) is 6.92 Å². The van der Waals surface area contributed by atoms with E-state index in [0.29, 0.717) is 0 Å². The van der Waals surface area contributed by atoms with Crippen molar-refractivity contribution in [1.29, 1.82) is 0 Å². The topological polar surface area (TPSA) is 27.7 Å². The Bertz CT molecular complexity index is 3090. The summed E-state index contributed by atoms with van der Waals surface area (Å²) >= 11 is 0. The van der Waals surface area contributed by atoms with Crippen molar-refractivity contribution in [2.24, 2.45) is 0 Å². The summed E-state index contributed by atoms with van der Waals surface area (Å²) in [6.07, 6.45) is 1.89. The Balaban J connectivity index is 1.22. The fourth-order valence-corrected chi connectivity index (χ4v) is 8.59. The molecule has 0 aliphatic carbocycles. The summed E-state index contributed by atoms with van der Waals surface area (Å²) in [7, 11) is 0. The predicted octanol–water partition coefficient (Wildman–Crippen LogP) is 12.3. The minimum atomic E-state index is 0.957. The van der Waals surface area contributed by atoms with E-state index in [0.717, 1.165) is 33.8 Å². The van der Waals surface area contributed by atoms with E-state index in [2.05, 4.69) is 184 Å². The molecule has 11 aromatic rings. The zero-order valence-electron chi connectivity index (χ0n) is 28.5. The number of hydrogen-bond donors (Lipinski definition) is 0. The van der Waals surface area contributed by atoms with Crippen LogP contribution >= 0.6 is 0 Å². The second kappa shape index (κ2) is 11.0. The lowest BCUT2D eigenvalue weighted by atomic mass is 10.0. The highest BCUT2D eigenvalue weighted by atomic mass is 15.0. The van der Waals surface area contributed by atoms with Crippen LogP contribution in [0.5, 0.6) is 0 Å². The van der Waals surface area contributed by atoms with Crippen LogP contribution in [0.15, 0.2) is 176 Å². The van der Waals surface area contributed by atoms with Gasteiger partial charge >= 0.3 is 0 Å². The molecule has 0 saturated carbocycles. The first-order valence-electron chi connectivity index (χ1n) is 17.8. The SMILES string of the molecule is Cc1c(-c2ccccn2)cc(-n2c3ccccc3c3cc(-n4c5ccccc5c5ccccc54)ccc32)cc1-n1c2ccccc2c2ccccc21. The summed E-state index contributed by atoms with van der Waals surface area (Å²) in [5.41, 5.74) is 13.8. The number of rotatable bonds is 4. The second-order valence-electron chi connectivity index (χ2n) is 13.6. The molecule has 4 nitrogen and oxygen atoms in total. The van der Waals surface area contributed by atoms with E-state index in [4.69, 9.17) is 4.98 Å². The first-order chi connectivity index (χ1) is 25.7. The fraction of sp³-hybridized carbons (Fsp3) is 0.0208. The lowest BCUT2D eigenvalue weighted by Gasteiger charge is -2.19. The Morgan fingerprint density at radius 2 is 0.808 bits per heavy atom. The van der Waals surface area contributed by atoms with Gasteiger partial charge in [-0.2, -0.15) is 0 Å². The van der Waals surface area contributed by atoms with Gasteiger partial charge in [0.25, 0.3) is 0 Å². The van der Waals surface area contributed by atoms with Gasteiger partial charge in [-0.1, -0.05) is 97.1 Å². The Morgan fingerprint density at radius 3 is 1.33 bits per heavy atom. The molecule has 0 saturated heterocycles. The molecule has 0 aliphatic rings. The average molecular weight is 665 g/mol. The number of nitrogens with zero attached hydrogens (tertiary/aromatic N) is 4. The van der Waals surface area contributed by atoms with Gasteiger partial charge in [0.15, 0.2) is 0 Å². The van der Waals surface area contributed by atoms with Crippen molar-refractivity contribution in [3.05, 3.63) is 182 Å². The monoisotopic (exact) mass is 664 g/mol. The minimum Gasteiger partial charge on any atom is -0.309 e. The third-order valence-electron chi connectivity index (χ3n) is 10.9. The van der Waals surface area contributed by atoms with Gasteiger partial charge in [0, 0.05) is 55.5 Å². The van der Waals surface area contributed by atoms with Crippen LogP contribution < -0.4 is 0 Å². The van der Waals surface area contributed by atoms with Crippen molar-refractivity contribution < 1.29 is 0 Å². The quantitative estimate of drug-likeness (QED) is 0.184. The lowest BCUT2D eigenvalue weighted by molar-refractivity contribution is 1.11. The maximum absolute atomic E-state index is 4.87. The molecule has 4 aromatic heterocycles. The van der Waals surface area contributed by atoms with E-state index >= 15 is 0 Å². The lowest BCUT2D eigenvalue weighted by Crippen LogP contribution is -2.03.